The Hall–Kier alpha value is -5.20. The van der Waals surface area contributed by atoms with E-state index in [1.165, 1.54) is 6.33 Å². The first kappa shape index (κ1) is 27.6. The summed E-state index contributed by atoms with van der Waals surface area (Å²) in [5.74, 6) is 3.12. The molecule has 0 spiro atoms. The van der Waals surface area contributed by atoms with E-state index in [1.54, 1.807) is 17.4 Å². The van der Waals surface area contributed by atoms with Gasteiger partial charge in [0.25, 0.3) is 0 Å². The van der Waals surface area contributed by atoms with Crippen LogP contribution in [0, 0.1) is 6.92 Å². The number of nitrogens with zero attached hydrogens (tertiary/aromatic N) is 8. The smallest absolute Gasteiger partial charge is 0.410 e. The molecule has 2 aliphatic rings. The van der Waals surface area contributed by atoms with E-state index in [0.717, 1.165) is 22.3 Å². The van der Waals surface area contributed by atoms with Crippen LogP contribution in [0.2, 0.25) is 0 Å². The number of imidazole rings is 1. The minimum absolute atomic E-state index is 0.0437. The highest BCUT2D eigenvalue weighted by Crippen LogP contribution is 2.38. The molecule has 0 unspecified atom stereocenters. The van der Waals surface area contributed by atoms with Crippen LogP contribution >= 0.6 is 0 Å². The normalized spacial score (nSPS) is 16.3. The topological polar surface area (TPSA) is 133 Å². The predicted octanol–water partition coefficient (Wildman–Crippen LogP) is 4.97. The number of fused-ring (bicyclic) bond motifs is 5. The number of hydrogen-bond donors (Lipinski definition) is 1. The summed E-state index contributed by atoms with van der Waals surface area (Å²) in [6.07, 6.45) is 4.70. The number of pyridine rings is 2. The number of carbonyl (C=O) groups is 1. The van der Waals surface area contributed by atoms with Gasteiger partial charge in [-0.05, 0) is 51.5 Å². The number of aryl methyl sites for hydroxylation is 2. The molecule has 7 rings (SSSR count). The van der Waals surface area contributed by atoms with E-state index in [2.05, 4.69) is 30.2 Å². The number of hydrogen-bond acceptors (Lipinski definition) is 11. The number of piperazine rings is 1. The molecule has 13 heteroatoms. The van der Waals surface area contributed by atoms with E-state index < -0.39 is 5.60 Å². The molecule has 1 N–H and O–H groups in total. The molecule has 0 saturated carbocycles. The second-order valence-electron chi connectivity index (χ2n) is 12.1. The van der Waals surface area contributed by atoms with Crippen molar-refractivity contribution in [2.45, 2.75) is 39.3 Å². The number of amides is 1. The van der Waals surface area contributed by atoms with Crippen LogP contribution in [-0.2, 0) is 11.8 Å². The van der Waals surface area contributed by atoms with Crippen LogP contribution in [0.15, 0.2) is 49.2 Å². The van der Waals surface area contributed by atoms with Crippen molar-refractivity contribution in [2.24, 2.45) is 7.05 Å². The fourth-order valence-corrected chi connectivity index (χ4v) is 5.47. The third kappa shape index (κ3) is 5.25. The molecule has 13 nitrogen and oxygen atoms in total. The third-order valence-corrected chi connectivity index (χ3v) is 7.63. The third-order valence-electron chi connectivity index (χ3n) is 7.63. The fourth-order valence-electron chi connectivity index (χ4n) is 5.47. The van der Waals surface area contributed by atoms with Gasteiger partial charge in [-0.2, -0.15) is 0 Å². The Balaban J connectivity index is 1.11. The molecule has 1 aromatic carbocycles. The lowest BCUT2D eigenvalue weighted by Gasteiger charge is -2.44. The number of carbonyl (C=O) groups excluding carboxylic acids is 1. The first-order valence-electron chi connectivity index (χ1n) is 14.5. The van der Waals surface area contributed by atoms with Crippen LogP contribution in [0.25, 0.3) is 22.1 Å². The van der Waals surface area contributed by atoms with Gasteiger partial charge in [0.1, 0.15) is 29.8 Å². The molecule has 5 aromatic rings. The van der Waals surface area contributed by atoms with Gasteiger partial charge in [0.2, 0.25) is 5.88 Å². The van der Waals surface area contributed by atoms with Crippen LogP contribution in [0.1, 0.15) is 26.3 Å². The molecular weight excluding hydrogens is 562 g/mol. The summed E-state index contributed by atoms with van der Waals surface area (Å²) in [6.45, 7) is 9.65. The monoisotopic (exact) mass is 595 g/mol. The van der Waals surface area contributed by atoms with Gasteiger partial charge >= 0.3 is 6.09 Å². The lowest BCUT2D eigenvalue weighted by Crippen LogP contribution is -2.59. The molecule has 1 amide bonds. The Kier molecular flexibility index (Phi) is 6.60. The molecule has 4 aromatic heterocycles. The van der Waals surface area contributed by atoms with Crippen molar-refractivity contribution in [3.63, 3.8) is 0 Å². The van der Waals surface area contributed by atoms with E-state index in [1.807, 2.05) is 69.6 Å². The Morgan fingerprint density at radius 3 is 2.75 bits per heavy atom. The Bertz CT molecular complexity index is 1900. The van der Waals surface area contributed by atoms with E-state index in [4.69, 9.17) is 19.2 Å². The maximum Gasteiger partial charge on any atom is 0.410 e. The first-order chi connectivity index (χ1) is 21.1. The van der Waals surface area contributed by atoms with Crippen LogP contribution < -0.4 is 19.7 Å². The minimum Gasteiger partial charge on any atom is -0.487 e. The molecule has 6 heterocycles. The maximum absolute atomic E-state index is 12.7. The van der Waals surface area contributed by atoms with E-state index >= 15 is 0 Å². The quantitative estimate of drug-likeness (QED) is 0.302. The lowest BCUT2D eigenvalue weighted by molar-refractivity contribution is 0.0194. The van der Waals surface area contributed by atoms with Crippen LogP contribution in [0.5, 0.6) is 17.4 Å². The lowest BCUT2D eigenvalue weighted by atomic mass is 10.1. The Morgan fingerprint density at radius 1 is 1.07 bits per heavy atom. The van der Waals surface area contributed by atoms with Crippen molar-refractivity contribution < 1.29 is 19.0 Å². The average Bonchev–Trinajstić information content (AvgIpc) is 3.36. The highest BCUT2D eigenvalue weighted by Gasteiger charge is 2.37. The number of anilines is 3. The molecule has 2 aliphatic heterocycles. The van der Waals surface area contributed by atoms with Gasteiger partial charge in [-0.3, -0.25) is 0 Å². The van der Waals surface area contributed by atoms with Gasteiger partial charge in [-0.1, -0.05) is 0 Å². The van der Waals surface area contributed by atoms with E-state index in [-0.39, 0.29) is 12.1 Å². The maximum atomic E-state index is 12.7. The SMILES string of the molecule is Cc1cc(Nc2ncnc3cc4c(nc23)N2CCN(C(=O)OC(C)(C)C)C[C@H]2CO4)ccc1Oc1cc2ncn(C)c2cn1. The summed E-state index contributed by atoms with van der Waals surface area (Å²) in [5.41, 5.74) is 4.23. The Morgan fingerprint density at radius 2 is 1.93 bits per heavy atom. The predicted molar refractivity (Wildman–Crippen MR) is 165 cm³/mol. The zero-order chi connectivity index (χ0) is 30.6. The standard InChI is InChI=1S/C31H33N9O4/c1-18-10-19(6-7-24(18)43-26-12-21-23(13-32-26)38(5)17-35-21)36-28-27-22(33-16-34-28)11-25-29(37-27)40-9-8-39(14-20(40)15-42-25)30(41)44-31(2,3)4/h6-7,10-13,16-17,20H,8-9,14-15H2,1-5H3,(H,33,34,36)/t20-/m0/s1. The molecular formula is C31H33N9O4. The summed E-state index contributed by atoms with van der Waals surface area (Å²) in [6, 6.07) is 9.47. The van der Waals surface area contributed by atoms with Gasteiger partial charge in [-0.25, -0.2) is 29.7 Å². The van der Waals surface area contributed by atoms with Crippen LogP contribution in [0.4, 0.5) is 22.1 Å². The highest BCUT2D eigenvalue weighted by molar-refractivity contribution is 5.90. The molecule has 44 heavy (non-hydrogen) atoms. The summed E-state index contributed by atoms with van der Waals surface area (Å²) in [4.78, 5) is 39.4. The van der Waals surface area contributed by atoms with E-state index in [0.29, 0.717) is 66.3 Å². The molecule has 226 valence electrons. The van der Waals surface area contributed by atoms with Gasteiger partial charge in [0.15, 0.2) is 17.4 Å². The highest BCUT2D eigenvalue weighted by atomic mass is 16.6. The molecule has 1 saturated heterocycles. The van der Waals surface area contributed by atoms with Crippen molar-refractivity contribution in [1.82, 2.24) is 34.4 Å². The summed E-state index contributed by atoms with van der Waals surface area (Å²) in [5, 5.41) is 3.40. The summed E-state index contributed by atoms with van der Waals surface area (Å²) in [7, 11) is 1.93. The van der Waals surface area contributed by atoms with Crippen molar-refractivity contribution in [3.05, 3.63) is 54.7 Å². The zero-order valence-corrected chi connectivity index (χ0v) is 25.2. The average molecular weight is 596 g/mol. The van der Waals surface area contributed by atoms with Crippen LogP contribution in [0.3, 0.4) is 0 Å². The largest absolute Gasteiger partial charge is 0.487 e. The molecule has 0 radical (unpaired) electrons. The minimum atomic E-state index is -0.550. The number of benzene rings is 1. The van der Waals surface area contributed by atoms with Crippen LogP contribution in [-0.4, -0.2) is 78.4 Å². The van der Waals surface area contributed by atoms with Crippen molar-refractivity contribution >= 4 is 45.5 Å². The van der Waals surface area contributed by atoms with E-state index in [9.17, 15) is 4.79 Å². The summed E-state index contributed by atoms with van der Waals surface area (Å²) < 4.78 is 19.7. The molecule has 1 fully saturated rings. The zero-order valence-electron chi connectivity index (χ0n) is 25.2. The first-order valence-corrected chi connectivity index (χ1v) is 14.5. The molecule has 1 atom stereocenters. The van der Waals surface area contributed by atoms with Gasteiger partial charge in [-0.15, -0.1) is 0 Å². The second kappa shape index (κ2) is 10.5. The number of ether oxygens (including phenoxy) is 3. The summed E-state index contributed by atoms with van der Waals surface area (Å²) >= 11 is 0. The van der Waals surface area contributed by atoms with Crippen molar-refractivity contribution in [1.29, 1.82) is 0 Å². The Labute approximate surface area is 253 Å². The number of rotatable bonds is 4. The van der Waals surface area contributed by atoms with Gasteiger partial charge in [0.05, 0.1) is 35.1 Å². The fraction of sp³-hybridized carbons (Fsp3) is 0.355. The number of aromatic nitrogens is 6. The van der Waals surface area contributed by atoms with Crippen molar-refractivity contribution in [3.8, 4) is 17.4 Å². The second-order valence-corrected chi connectivity index (χ2v) is 12.1. The molecule has 0 aliphatic carbocycles. The van der Waals surface area contributed by atoms with Crippen molar-refractivity contribution in [2.75, 3.05) is 36.5 Å². The number of nitrogens with one attached hydrogen (secondary N) is 1. The van der Waals surface area contributed by atoms with Gasteiger partial charge in [0, 0.05) is 44.5 Å². The van der Waals surface area contributed by atoms with Gasteiger partial charge < -0.3 is 33.9 Å². The molecule has 0 bridgehead atoms.